The third-order valence-corrected chi connectivity index (χ3v) is 2.78. The van der Waals surface area contributed by atoms with Gasteiger partial charge in [-0.2, -0.15) is 0 Å². The van der Waals surface area contributed by atoms with E-state index in [1.165, 1.54) is 0 Å². The van der Waals surface area contributed by atoms with Crippen LogP contribution in [0.15, 0.2) is 0 Å². The molecule has 0 bridgehead atoms. The van der Waals surface area contributed by atoms with Crippen LogP contribution < -0.4 is 16.0 Å². The quantitative estimate of drug-likeness (QED) is 0.505. The van der Waals surface area contributed by atoms with Gasteiger partial charge in [-0.3, -0.25) is 4.79 Å². The van der Waals surface area contributed by atoms with Crippen LogP contribution >= 0.6 is 0 Å². The molecule has 4 N–H and O–H groups in total. The van der Waals surface area contributed by atoms with Crippen molar-refractivity contribution in [3.8, 4) is 0 Å². The molecule has 6 heteroatoms. The van der Waals surface area contributed by atoms with Crippen molar-refractivity contribution >= 4 is 12.0 Å². The zero-order valence-corrected chi connectivity index (χ0v) is 10.00. The van der Waals surface area contributed by atoms with Crippen molar-refractivity contribution in [3.05, 3.63) is 0 Å². The van der Waals surface area contributed by atoms with Crippen molar-refractivity contribution in [2.24, 2.45) is 0 Å². The average molecular weight is 243 g/mol. The molecule has 6 nitrogen and oxygen atoms in total. The molecular formula is C11H21N3O3. The van der Waals surface area contributed by atoms with E-state index in [1.54, 1.807) is 0 Å². The first-order valence-corrected chi connectivity index (χ1v) is 6.15. The summed E-state index contributed by atoms with van der Waals surface area (Å²) in [7, 11) is 0. The number of piperidine rings is 1. The molecule has 0 atom stereocenters. The molecular weight excluding hydrogens is 222 g/mol. The summed E-state index contributed by atoms with van der Waals surface area (Å²) in [6, 6.07) is 0.113. The number of carbonyl (C=O) groups excluding carboxylic acids is 1. The fraction of sp³-hybridized carbons (Fsp3) is 0.818. The fourth-order valence-corrected chi connectivity index (χ4v) is 1.81. The largest absolute Gasteiger partial charge is 0.481 e. The minimum atomic E-state index is -0.788. The van der Waals surface area contributed by atoms with Gasteiger partial charge in [0.05, 0.1) is 0 Å². The predicted octanol–water partition coefficient (Wildman–Crippen LogP) is 0.293. The van der Waals surface area contributed by atoms with Gasteiger partial charge in [0.15, 0.2) is 0 Å². The molecule has 0 saturated carbocycles. The molecule has 17 heavy (non-hydrogen) atoms. The number of unbranched alkanes of at least 4 members (excludes halogenated alkanes) is 1. The summed E-state index contributed by atoms with van der Waals surface area (Å²) in [5, 5.41) is 17.3. The van der Waals surface area contributed by atoms with Crippen molar-refractivity contribution in [1.29, 1.82) is 0 Å². The Morgan fingerprint density at radius 1 is 1.24 bits per heavy atom. The maximum Gasteiger partial charge on any atom is 0.315 e. The van der Waals surface area contributed by atoms with Crippen LogP contribution in [0.2, 0.25) is 0 Å². The topological polar surface area (TPSA) is 90.5 Å². The molecule has 0 aliphatic carbocycles. The molecule has 0 spiro atoms. The molecule has 98 valence electrons. The molecule has 0 unspecified atom stereocenters. The molecule has 0 radical (unpaired) electrons. The van der Waals surface area contributed by atoms with Crippen LogP contribution in [0.4, 0.5) is 4.79 Å². The first-order valence-electron chi connectivity index (χ1n) is 6.15. The van der Waals surface area contributed by atoms with E-state index < -0.39 is 5.97 Å². The van der Waals surface area contributed by atoms with Gasteiger partial charge in [-0.05, 0) is 38.8 Å². The van der Waals surface area contributed by atoms with Gasteiger partial charge in [0, 0.05) is 19.0 Å². The van der Waals surface area contributed by atoms with Gasteiger partial charge in [0.25, 0.3) is 0 Å². The summed E-state index contributed by atoms with van der Waals surface area (Å²) < 4.78 is 0. The molecule has 1 aliphatic heterocycles. The maximum atomic E-state index is 11.4. The standard InChI is InChI=1S/C11H21N3O3/c15-10(16)3-1-2-6-13-11(17)14-9-4-7-12-8-5-9/h9,12H,1-8H2,(H,15,16)(H2,13,14,17). The zero-order chi connectivity index (χ0) is 12.5. The molecule has 1 rings (SSSR count). The van der Waals surface area contributed by atoms with Crippen LogP contribution in [0, 0.1) is 0 Å². The number of carboxylic acids is 1. The van der Waals surface area contributed by atoms with E-state index in [2.05, 4.69) is 16.0 Å². The highest BCUT2D eigenvalue weighted by atomic mass is 16.4. The number of carbonyl (C=O) groups is 2. The molecule has 0 aromatic heterocycles. The number of rotatable bonds is 6. The third kappa shape index (κ3) is 6.78. The Balaban J connectivity index is 1.98. The predicted molar refractivity (Wildman–Crippen MR) is 63.9 cm³/mol. The number of urea groups is 1. The van der Waals surface area contributed by atoms with E-state index in [0.29, 0.717) is 19.4 Å². The smallest absolute Gasteiger partial charge is 0.315 e. The Hall–Kier alpha value is -1.30. The Morgan fingerprint density at radius 2 is 1.94 bits per heavy atom. The second-order valence-electron chi connectivity index (χ2n) is 4.28. The molecule has 1 saturated heterocycles. The maximum absolute atomic E-state index is 11.4. The Morgan fingerprint density at radius 3 is 2.59 bits per heavy atom. The van der Waals surface area contributed by atoms with Gasteiger partial charge in [0.1, 0.15) is 0 Å². The lowest BCUT2D eigenvalue weighted by Gasteiger charge is -2.23. The lowest BCUT2D eigenvalue weighted by molar-refractivity contribution is -0.137. The van der Waals surface area contributed by atoms with E-state index in [9.17, 15) is 9.59 Å². The van der Waals surface area contributed by atoms with Crippen LogP contribution in [0.5, 0.6) is 0 Å². The highest BCUT2D eigenvalue weighted by molar-refractivity contribution is 5.74. The van der Waals surface area contributed by atoms with Crippen LogP contribution in [-0.2, 0) is 4.79 Å². The van der Waals surface area contributed by atoms with E-state index in [-0.39, 0.29) is 18.5 Å². The highest BCUT2D eigenvalue weighted by Crippen LogP contribution is 2.01. The van der Waals surface area contributed by atoms with Crippen molar-refractivity contribution in [2.75, 3.05) is 19.6 Å². The van der Waals surface area contributed by atoms with Crippen molar-refractivity contribution in [2.45, 2.75) is 38.1 Å². The molecule has 2 amide bonds. The van der Waals surface area contributed by atoms with E-state index in [1.807, 2.05) is 0 Å². The average Bonchev–Trinajstić information content (AvgIpc) is 2.29. The van der Waals surface area contributed by atoms with Crippen LogP contribution in [0.1, 0.15) is 32.1 Å². The summed E-state index contributed by atoms with van der Waals surface area (Å²) in [6.45, 7) is 2.43. The first kappa shape index (κ1) is 13.8. The van der Waals surface area contributed by atoms with Crippen LogP contribution in [0.3, 0.4) is 0 Å². The lowest BCUT2D eigenvalue weighted by Crippen LogP contribution is -2.46. The number of hydrogen-bond donors (Lipinski definition) is 4. The summed E-state index contributed by atoms with van der Waals surface area (Å²) in [6.07, 6.45) is 3.39. The monoisotopic (exact) mass is 243 g/mol. The van der Waals surface area contributed by atoms with E-state index in [0.717, 1.165) is 25.9 Å². The Bertz CT molecular complexity index is 252. The van der Waals surface area contributed by atoms with Gasteiger partial charge < -0.3 is 21.1 Å². The summed E-state index contributed by atoms with van der Waals surface area (Å²) in [5.74, 6) is -0.788. The number of nitrogens with one attached hydrogen (secondary N) is 3. The van der Waals surface area contributed by atoms with Gasteiger partial charge in [-0.15, -0.1) is 0 Å². The minimum Gasteiger partial charge on any atom is -0.481 e. The Kier molecular flexibility index (Phi) is 6.39. The highest BCUT2D eigenvalue weighted by Gasteiger charge is 2.14. The third-order valence-electron chi connectivity index (χ3n) is 2.78. The van der Waals surface area contributed by atoms with Crippen molar-refractivity contribution in [3.63, 3.8) is 0 Å². The number of carboxylic acid groups (broad SMARTS) is 1. The van der Waals surface area contributed by atoms with Crippen LogP contribution in [0.25, 0.3) is 0 Å². The fourth-order valence-electron chi connectivity index (χ4n) is 1.81. The molecule has 0 aromatic rings. The number of aliphatic carboxylic acids is 1. The molecule has 1 aliphatic rings. The first-order chi connectivity index (χ1) is 8.18. The summed E-state index contributed by atoms with van der Waals surface area (Å²) >= 11 is 0. The molecule has 1 heterocycles. The second kappa shape index (κ2) is 7.89. The molecule has 0 aromatic carbocycles. The van der Waals surface area contributed by atoms with Gasteiger partial charge in [-0.25, -0.2) is 4.79 Å². The van der Waals surface area contributed by atoms with E-state index >= 15 is 0 Å². The van der Waals surface area contributed by atoms with Crippen molar-refractivity contribution in [1.82, 2.24) is 16.0 Å². The minimum absolute atomic E-state index is 0.146. The summed E-state index contributed by atoms with van der Waals surface area (Å²) in [4.78, 5) is 21.7. The molecule has 1 fully saturated rings. The number of hydrogen-bond acceptors (Lipinski definition) is 3. The van der Waals surface area contributed by atoms with Gasteiger partial charge in [-0.1, -0.05) is 0 Å². The van der Waals surface area contributed by atoms with E-state index in [4.69, 9.17) is 5.11 Å². The lowest BCUT2D eigenvalue weighted by atomic mass is 10.1. The second-order valence-corrected chi connectivity index (χ2v) is 4.28. The zero-order valence-electron chi connectivity index (χ0n) is 10.00. The number of amides is 2. The Labute approximate surface area is 101 Å². The summed E-state index contributed by atoms with van der Waals surface area (Å²) in [5.41, 5.74) is 0. The van der Waals surface area contributed by atoms with Gasteiger partial charge >= 0.3 is 12.0 Å². The van der Waals surface area contributed by atoms with Gasteiger partial charge in [0.2, 0.25) is 0 Å². The van der Waals surface area contributed by atoms with Crippen molar-refractivity contribution < 1.29 is 14.7 Å². The van der Waals surface area contributed by atoms with Crippen LogP contribution in [-0.4, -0.2) is 42.8 Å². The normalized spacial score (nSPS) is 16.5. The SMILES string of the molecule is O=C(O)CCCCNC(=O)NC1CCNCC1.